The van der Waals surface area contributed by atoms with Gasteiger partial charge in [-0.2, -0.15) is 0 Å². The van der Waals surface area contributed by atoms with Crippen LogP contribution in [0.3, 0.4) is 0 Å². The minimum Gasteiger partial charge on any atom is -0.493 e. The van der Waals surface area contributed by atoms with Gasteiger partial charge in [0.25, 0.3) is 0 Å². The molecule has 0 aromatic heterocycles. The number of carbonyl (C=O) groups excluding carboxylic acids is 1. The smallest absolute Gasteiger partial charge is 0.226 e. The molecule has 1 unspecified atom stereocenters. The second kappa shape index (κ2) is 9.57. The number of amides is 1. The predicted molar refractivity (Wildman–Crippen MR) is 117 cm³/mol. The summed E-state index contributed by atoms with van der Waals surface area (Å²) in [5.74, 6) is 2.97. The molecular formula is C24H29NO3S. The fraction of sp³-hybridized carbons (Fsp3) is 0.458. The summed E-state index contributed by atoms with van der Waals surface area (Å²) in [6, 6.07) is 16.2. The molecule has 0 spiro atoms. The third kappa shape index (κ3) is 4.72. The summed E-state index contributed by atoms with van der Waals surface area (Å²) < 4.78 is 11.6. The number of benzene rings is 2. The zero-order valence-corrected chi connectivity index (χ0v) is 17.8. The highest BCUT2D eigenvalue weighted by Crippen LogP contribution is 2.42. The minimum atomic E-state index is 0.0643. The average Bonchev–Trinajstić information content (AvgIpc) is 3.28. The lowest BCUT2D eigenvalue weighted by molar-refractivity contribution is -0.136. The van der Waals surface area contributed by atoms with Gasteiger partial charge in [0.2, 0.25) is 5.91 Å². The average molecular weight is 412 g/mol. The molecule has 29 heavy (non-hydrogen) atoms. The maximum atomic E-state index is 13.2. The summed E-state index contributed by atoms with van der Waals surface area (Å²) in [6.45, 7) is 1.32. The van der Waals surface area contributed by atoms with Crippen LogP contribution in [0.25, 0.3) is 0 Å². The molecule has 2 aromatic rings. The van der Waals surface area contributed by atoms with Gasteiger partial charge in [-0.25, -0.2) is 0 Å². The van der Waals surface area contributed by atoms with Crippen LogP contribution in [0.5, 0.6) is 11.5 Å². The topological polar surface area (TPSA) is 38.8 Å². The van der Waals surface area contributed by atoms with Gasteiger partial charge in [-0.15, -0.1) is 11.8 Å². The maximum Gasteiger partial charge on any atom is 0.226 e. The normalized spacial score (nSPS) is 19.9. The number of nitrogens with zero attached hydrogens (tertiary/aromatic N) is 1. The first-order valence-corrected chi connectivity index (χ1v) is 11.6. The van der Waals surface area contributed by atoms with Gasteiger partial charge in [0.15, 0.2) is 11.5 Å². The second-order valence-electron chi connectivity index (χ2n) is 7.77. The van der Waals surface area contributed by atoms with E-state index >= 15 is 0 Å². The van der Waals surface area contributed by atoms with Crippen molar-refractivity contribution in [3.8, 4) is 11.5 Å². The van der Waals surface area contributed by atoms with Gasteiger partial charge >= 0.3 is 0 Å². The van der Waals surface area contributed by atoms with E-state index < -0.39 is 0 Å². The molecule has 1 atom stereocenters. The largest absolute Gasteiger partial charge is 0.493 e. The summed E-state index contributed by atoms with van der Waals surface area (Å²) in [4.78, 5) is 15.2. The molecule has 2 aliphatic rings. The fourth-order valence-corrected chi connectivity index (χ4v) is 5.50. The summed E-state index contributed by atoms with van der Waals surface area (Å²) in [7, 11) is 1.66. The Morgan fingerprint density at radius 3 is 2.62 bits per heavy atom. The third-order valence-corrected chi connectivity index (χ3v) is 7.10. The van der Waals surface area contributed by atoms with Crippen molar-refractivity contribution in [2.24, 2.45) is 5.92 Å². The molecule has 4 nitrogen and oxygen atoms in total. The highest BCUT2D eigenvalue weighted by molar-refractivity contribution is 7.99. The molecular weight excluding hydrogens is 382 g/mol. The van der Waals surface area contributed by atoms with Crippen LogP contribution in [0.1, 0.15) is 48.6 Å². The van der Waals surface area contributed by atoms with Crippen LogP contribution in [0.4, 0.5) is 0 Å². The van der Waals surface area contributed by atoms with E-state index in [0.29, 0.717) is 12.5 Å². The Hall–Kier alpha value is -2.14. The van der Waals surface area contributed by atoms with Crippen molar-refractivity contribution in [1.29, 1.82) is 0 Å². The monoisotopic (exact) mass is 411 g/mol. The first kappa shape index (κ1) is 20.1. The Morgan fingerprint density at radius 2 is 1.86 bits per heavy atom. The lowest BCUT2D eigenvalue weighted by Crippen LogP contribution is -2.36. The Morgan fingerprint density at radius 1 is 1.07 bits per heavy atom. The van der Waals surface area contributed by atoms with Crippen molar-refractivity contribution in [2.45, 2.75) is 44.1 Å². The van der Waals surface area contributed by atoms with Crippen LogP contribution < -0.4 is 9.47 Å². The molecule has 1 saturated carbocycles. The molecule has 1 amide bonds. The minimum absolute atomic E-state index is 0.0643. The molecule has 0 N–H and O–H groups in total. The molecule has 2 aromatic carbocycles. The number of rotatable bonds is 6. The summed E-state index contributed by atoms with van der Waals surface area (Å²) in [5, 5.41) is 0.0643. The van der Waals surface area contributed by atoms with Gasteiger partial charge in [-0.05, 0) is 36.1 Å². The molecule has 2 fully saturated rings. The zero-order chi connectivity index (χ0) is 20.1. The summed E-state index contributed by atoms with van der Waals surface area (Å²) >= 11 is 1.84. The van der Waals surface area contributed by atoms with Crippen molar-refractivity contribution >= 4 is 17.7 Å². The van der Waals surface area contributed by atoms with Gasteiger partial charge in [0.05, 0.1) is 7.11 Å². The van der Waals surface area contributed by atoms with Crippen molar-refractivity contribution in [2.75, 3.05) is 19.4 Å². The van der Waals surface area contributed by atoms with Crippen LogP contribution in [0.2, 0.25) is 0 Å². The molecule has 0 bridgehead atoms. The van der Waals surface area contributed by atoms with Crippen molar-refractivity contribution < 1.29 is 14.3 Å². The lowest BCUT2D eigenvalue weighted by atomic mass is 9.88. The van der Waals surface area contributed by atoms with Crippen molar-refractivity contribution in [1.82, 2.24) is 4.90 Å². The van der Waals surface area contributed by atoms with E-state index in [-0.39, 0.29) is 11.3 Å². The van der Waals surface area contributed by atoms with Crippen LogP contribution >= 0.6 is 11.8 Å². The Balaban J connectivity index is 1.51. The van der Waals surface area contributed by atoms with Crippen LogP contribution in [0, 0.1) is 5.92 Å². The van der Waals surface area contributed by atoms with E-state index in [0.717, 1.165) is 47.8 Å². The second-order valence-corrected chi connectivity index (χ2v) is 8.96. The van der Waals surface area contributed by atoms with E-state index in [1.54, 1.807) is 7.11 Å². The van der Waals surface area contributed by atoms with Crippen LogP contribution in [0.15, 0.2) is 48.5 Å². The summed E-state index contributed by atoms with van der Waals surface area (Å²) in [5.41, 5.74) is 2.23. The molecule has 0 radical (unpaired) electrons. The van der Waals surface area contributed by atoms with Gasteiger partial charge in [-0.3, -0.25) is 4.79 Å². The molecule has 4 rings (SSSR count). The number of methoxy groups -OCH3 is 1. The highest BCUT2D eigenvalue weighted by Gasteiger charge is 2.35. The van der Waals surface area contributed by atoms with Crippen LogP contribution in [-0.2, 0) is 11.4 Å². The Kier molecular flexibility index (Phi) is 6.65. The van der Waals surface area contributed by atoms with Gasteiger partial charge < -0.3 is 14.4 Å². The zero-order valence-electron chi connectivity index (χ0n) is 17.0. The fourth-order valence-electron chi connectivity index (χ4n) is 4.25. The molecule has 154 valence electrons. The molecule has 1 aliphatic carbocycles. The van der Waals surface area contributed by atoms with Crippen molar-refractivity contribution in [3.05, 3.63) is 59.7 Å². The van der Waals surface area contributed by atoms with E-state index in [1.165, 1.54) is 19.3 Å². The molecule has 1 saturated heterocycles. The maximum absolute atomic E-state index is 13.2. The van der Waals surface area contributed by atoms with Gasteiger partial charge in [0, 0.05) is 18.2 Å². The highest BCUT2D eigenvalue weighted by atomic mass is 32.2. The number of thioether (sulfide) groups is 1. The summed E-state index contributed by atoms with van der Waals surface area (Å²) in [6.07, 6.45) is 5.72. The van der Waals surface area contributed by atoms with Crippen molar-refractivity contribution in [3.63, 3.8) is 0 Å². The van der Waals surface area contributed by atoms with E-state index in [1.807, 2.05) is 54.2 Å². The molecule has 1 heterocycles. The third-order valence-electron chi connectivity index (χ3n) is 5.84. The number of hydrogen-bond acceptors (Lipinski definition) is 4. The number of ether oxygens (including phenoxy) is 2. The van der Waals surface area contributed by atoms with Gasteiger partial charge in [0.1, 0.15) is 12.0 Å². The van der Waals surface area contributed by atoms with Crippen LogP contribution in [-0.4, -0.2) is 30.2 Å². The first-order valence-electron chi connectivity index (χ1n) is 10.5. The molecule has 5 heteroatoms. The van der Waals surface area contributed by atoms with Gasteiger partial charge in [-0.1, -0.05) is 55.7 Å². The SMILES string of the molecule is COc1ccc(C2SCCN2C(=O)C2CCCCC2)cc1OCc1ccccc1. The lowest BCUT2D eigenvalue weighted by Gasteiger charge is -2.30. The van der Waals surface area contributed by atoms with E-state index in [4.69, 9.17) is 9.47 Å². The number of hydrogen-bond donors (Lipinski definition) is 0. The number of carbonyl (C=O) groups is 1. The van der Waals surface area contributed by atoms with E-state index in [2.05, 4.69) is 11.0 Å². The quantitative estimate of drug-likeness (QED) is 0.635. The Labute approximate surface area is 177 Å². The standard InChI is InChI=1S/C24H29NO3S/c1-27-21-13-12-20(16-22(21)28-17-18-8-4-2-5-9-18)24-25(14-15-29-24)23(26)19-10-6-3-7-11-19/h2,4-5,8-9,12-13,16,19,24H,3,6-7,10-11,14-15,17H2,1H3. The Bertz CT molecular complexity index is 820. The van der Waals surface area contributed by atoms with E-state index in [9.17, 15) is 4.79 Å². The predicted octanol–water partition coefficient (Wildman–Crippen LogP) is 5.43. The molecule has 1 aliphatic heterocycles. The first-order chi connectivity index (χ1) is 14.3.